The fourth-order valence-corrected chi connectivity index (χ4v) is 2.75. The van der Waals surface area contributed by atoms with Gasteiger partial charge in [-0.05, 0) is 43.9 Å². The van der Waals surface area contributed by atoms with Crippen LogP contribution in [0.5, 0.6) is 0 Å². The molecule has 19 heavy (non-hydrogen) atoms. The number of carbonyl (C=O) groups excluding carboxylic acids is 1. The maximum Gasteiger partial charge on any atom is 0.197 e. The fraction of sp³-hybridized carbons (Fsp3) is 0.462. The Bertz CT molecular complexity index is 507. The zero-order valence-electron chi connectivity index (χ0n) is 10.5. The number of Topliss-reactive ketones (excluding diaryl/α,β-unsaturated/α-hetero) is 1. The minimum Gasteiger partial charge on any atom is -0.310 e. The van der Waals surface area contributed by atoms with Crippen LogP contribution >= 0.6 is 0 Å². The van der Waals surface area contributed by atoms with E-state index < -0.39 is 35.2 Å². The standard InChI is InChI=1S/C13H13F4NO/c1-5(19)13(18-2)6-3-7-8(4-6)10(15)12(17)11(16)9(7)14/h6,13,18H,3-4H2,1-2H3. The van der Waals surface area contributed by atoms with E-state index in [1.54, 1.807) is 7.05 Å². The van der Waals surface area contributed by atoms with Gasteiger partial charge in [0.2, 0.25) is 0 Å². The second kappa shape index (κ2) is 4.92. The molecule has 1 aromatic carbocycles. The maximum absolute atomic E-state index is 13.6. The van der Waals surface area contributed by atoms with Gasteiger partial charge in [-0.1, -0.05) is 0 Å². The lowest BCUT2D eigenvalue weighted by atomic mass is 9.94. The van der Waals surface area contributed by atoms with Crippen LogP contribution in [0.3, 0.4) is 0 Å². The Morgan fingerprint density at radius 1 is 1.05 bits per heavy atom. The highest BCUT2D eigenvalue weighted by atomic mass is 19.2. The Labute approximate surface area is 107 Å². The number of hydrogen-bond acceptors (Lipinski definition) is 2. The Kier molecular flexibility index (Phi) is 3.62. The van der Waals surface area contributed by atoms with Crippen molar-refractivity contribution in [2.24, 2.45) is 5.92 Å². The Morgan fingerprint density at radius 2 is 1.47 bits per heavy atom. The molecule has 104 valence electrons. The minimum atomic E-state index is -1.79. The number of halogens is 4. The first-order valence-corrected chi connectivity index (χ1v) is 5.89. The van der Waals surface area contributed by atoms with E-state index in [4.69, 9.17) is 0 Å². The highest BCUT2D eigenvalue weighted by Gasteiger charge is 2.37. The van der Waals surface area contributed by atoms with Gasteiger partial charge in [0.25, 0.3) is 0 Å². The van der Waals surface area contributed by atoms with Crippen LogP contribution in [0, 0.1) is 29.2 Å². The third-order valence-corrected chi connectivity index (χ3v) is 3.63. The second-order valence-electron chi connectivity index (χ2n) is 4.76. The first-order valence-electron chi connectivity index (χ1n) is 5.89. The summed E-state index contributed by atoms with van der Waals surface area (Å²) >= 11 is 0. The van der Waals surface area contributed by atoms with Crippen molar-refractivity contribution < 1.29 is 22.4 Å². The van der Waals surface area contributed by atoms with Crippen molar-refractivity contribution in [3.63, 3.8) is 0 Å². The Hall–Kier alpha value is -1.43. The topological polar surface area (TPSA) is 29.1 Å². The van der Waals surface area contributed by atoms with Gasteiger partial charge in [0.1, 0.15) is 5.78 Å². The van der Waals surface area contributed by atoms with Gasteiger partial charge in [0.05, 0.1) is 6.04 Å². The SMILES string of the molecule is CNC(C(C)=O)C1Cc2c(F)c(F)c(F)c(F)c2C1. The van der Waals surface area contributed by atoms with Crippen LogP contribution in [0.1, 0.15) is 18.1 Å². The molecule has 0 saturated heterocycles. The zero-order valence-corrected chi connectivity index (χ0v) is 10.5. The van der Waals surface area contributed by atoms with E-state index in [2.05, 4.69) is 5.32 Å². The summed E-state index contributed by atoms with van der Waals surface area (Å²) in [6.45, 7) is 1.36. The molecule has 0 radical (unpaired) electrons. The van der Waals surface area contributed by atoms with Crippen molar-refractivity contribution in [2.45, 2.75) is 25.8 Å². The molecule has 0 fully saturated rings. The van der Waals surface area contributed by atoms with E-state index in [1.165, 1.54) is 6.92 Å². The van der Waals surface area contributed by atoms with E-state index in [1.807, 2.05) is 0 Å². The predicted molar refractivity (Wildman–Crippen MR) is 60.7 cm³/mol. The van der Waals surface area contributed by atoms with Crippen molar-refractivity contribution in [2.75, 3.05) is 7.05 Å². The smallest absolute Gasteiger partial charge is 0.197 e. The molecule has 0 spiro atoms. The molecule has 0 aliphatic heterocycles. The third kappa shape index (κ3) is 2.14. The molecular weight excluding hydrogens is 262 g/mol. The van der Waals surface area contributed by atoms with E-state index in [0.717, 1.165) is 0 Å². The summed E-state index contributed by atoms with van der Waals surface area (Å²) < 4.78 is 53.5. The average Bonchev–Trinajstić information content (AvgIpc) is 2.79. The zero-order chi connectivity index (χ0) is 14.3. The van der Waals surface area contributed by atoms with Crippen molar-refractivity contribution in [1.29, 1.82) is 0 Å². The van der Waals surface area contributed by atoms with Gasteiger partial charge < -0.3 is 5.32 Å². The van der Waals surface area contributed by atoms with Gasteiger partial charge in [-0.15, -0.1) is 0 Å². The second-order valence-corrected chi connectivity index (χ2v) is 4.76. The lowest BCUT2D eigenvalue weighted by Crippen LogP contribution is -2.40. The molecule has 2 rings (SSSR count). The molecule has 1 atom stereocenters. The van der Waals surface area contributed by atoms with Crippen LogP contribution in [0.15, 0.2) is 0 Å². The minimum absolute atomic E-state index is 0.0143. The lowest BCUT2D eigenvalue weighted by Gasteiger charge is -2.19. The maximum atomic E-state index is 13.6. The predicted octanol–water partition coefficient (Wildman–Crippen LogP) is 2.13. The Morgan fingerprint density at radius 3 is 1.79 bits per heavy atom. The molecule has 0 saturated carbocycles. The number of carbonyl (C=O) groups is 1. The van der Waals surface area contributed by atoms with Gasteiger partial charge in [0, 0.05) is 0 Å². The molecule has 1 aromatic rings. The van der Waals surface area contributed by atoms with Crippen molar-refractivity contribution >= 4 is 5.78 Å². The normalized spacial score (nSPS) is 16.5. The number of nitrogens with one attached hydrogen (secondary N) is 1. The molecule has 0 amide bonds. The summed E-state index contributed by atoms with van der Waals surface area (Å²) in [6.07, 6.45) is 0.0285. The molecule has 1 aliphatic rings. The van der Waals surface area contributed by atoms with Crippen LogP contribution in [-0.2, 0) is 17.6 Å². The van der Waals surface area contributed by atoms with Crippen LogP contribution < -0.4 is 5.32 Å². The highest BCUT2D eigenvalue weighted by molar-refractivity contribution is 5.82. The molecule has 0 heterocycles. The molecular formula is C13H13F4NO. The first-order chi connectivity index (χ1) is 8.88. The summed E-state index contributed by atoms with van der Waals surface area (Å²) in [7, 11) is 1.56. The summed E-state index contributed by atoms with van der Waals surface area (Å²) in [4.78, 5) is 11.4. The van der Waals surface area contributed by atoms with E-state index in [9.17, 15) is 22.4 Å². The van der Waals surface area contributed by atoms with Crippen LogP contribution in [-0.4, -0.2) is 18.9 Å². The van der Waals surface area contributed by atoms with E-state index >= 15 is 0 Å². The summed E-state index contributed by atoms with van der Waals surface area (Å²) in [6, 6.07) is -0.586. The number of likely N-dealkylation sites (N-methyl/N-ethyl adjacent to an activating group) is 1. The lowest BCUT2D eigenvalue weighted by molar-refractivity contribution is -0.120. The van der Waals surface area contributed by atoms with Crippen molar-refractivity contribution in [3.05, 3.63) is 34.4 Å². The monoisotopic (exact) mass is 275 g/mol. The number of fused-ring (bicyclic) bond motifs is 1. The van der Waals surface area contributed by atoms with Crippen molar-refractivity contribution in [1.82, 2.24) is 5.32 Å². The summed E-state index contributed by atoms with van der Waals surface area (Å²) in [5.41, 5.74) is -0.328. The molecule has 0 bridgehead atoms. The van der Waals surface area contributed by atoms with Crippen LogP contribution in [0.25, 0.3) is 0 Å². The molecule has 1 unspecified atom stereocenters. The highest BCUT2D eigenvalue weighted by Crippen LogP contribution is 2.35. The molecule has 1 N–H and O–H groups in total. The number of ketones is 1. The van der Waals surface area contributed by atoms with E-state index in [0.29, 0.717) is 0 Å². The number of rotatable bonds is 3. The van der Waals surface area contributed by atoms with Gasteiger partial charge in [-0.3, -0.25) is 4.79 Å². The first kappa shape index (κ1) is 14.0. The number of hydrogen-bond donors (Lipinski definition) is 1. The van der Waals surface area contributed by atoms with E-state index in [-0.39, 0.29) is 29.8 Å². The van der Waals surface area contributed by atoms with Crippen molar-refractivity contribution in [3.8, 4) is 0 Å². The molecule has 0 aromatic heterocycles. The summed E-state index contributed by atoms with van der Waals surface area (Å²) in [5, 5.41) is 2.76. The average molecular weight is 275 g/mol. The van der Waals surface area contributed by atoms with Gasteiger partial charge >= 0.3 is 0 Å². The number of benzene rings is 1. The molecule has 1 aliphatic carbocycles. The molecule has 6 heteroatoms. The van der Waals surface area contributed by atoms with Crippen LogP contribution in [0.4, 0.5) is 17.6 Å². The molecule has 2 nitrogen and oxygen atoms in total. The largest absolute Gasteiger partial charge is 0.310 e. The van der Waals surface area contributed by atoms with Gasteiger partial charge in [0.15, 0.2) is 23.3 Å². The van der Waals surface area contributed by atoms with Crippen LogP contribution in [0.2, 0.25) is 0 Å². The third-order valence-electron chi connectivity index (χ3n) is 3.63. The van der Waals surface area contributed by atoms with Gasteiger partial charge in [-0.2, -0.15) is 0 Å². The van der Waals surface area contributed by atoms with Gasteiger partial charge in [-0.25, -0.2) is 17.6 Å². The fourth-order valence-electron chi connectivity index (χ4n) is 2.75. The quantitative estimate of drug-likeness (QED) is 0.520. The Balaban J connectivity index is 2.43. The summed E-state index contributed by atoms with van der Waals surface area (Å²) in [5.74, 6) is -6.86.